The minimum Gasteiger partial charge on any atom is -0.342 e. The van der Waals surface area contributed by atoms with Crippen LogP contribution in [0.2, 0.25) is 0 Å². The first-order chi connectivity index (χ1) is 15.3. The Balaban J connectivity index is 1.81. The van der Waals surface area contributed by atoms with Crippen LogP contribution in [-0.2, 0) is 11.8 Å². The summed E-state index contributed by atoms with van der Waals surface area (Å²) in [6, 6.07) is 4.62. The fraction of sp³-hybridized carbons (Fsp3) is 0.429. The van der Waals surface area contributed by atoms with Gasteiger partial charge in [-0.3, -0.25) is 9.88 Å². The van der Waals surface area contributed by atoms with Crippen molar-refractivity contribution in [2.45, 2.75) is 43.5 Å². The van der Waals surface area contributed by atoms with Gasteiger partial charge < -0.3 is 10.7 Å². The van der Waals surface area contributed by atoms with Gasteiger partial charge in [0.25, 0.3) is 0 Å². The van der Waals surface area contributed by atoms with Gasteiger partial charge in [0, 0.05) is 11.5 Å². The number of aromatic nitrogens is 3. The lowest BCUT2D eigenvalue weighted by atomic mass is 9.59. The molecule has 0 bridgehead atoms. The zero-order valence-electron chi connectivity index (χ0n) is 20.7. The van der Waals surface area contributed by atoms with E-state index < -0.39 is 0 Å². The Bertz CT molecular complexity index is 1090. The molecule has 0 saturated carbocycles. The first kappa shape index (κ1) is 23.3. The second-order valence-electron chi connectivity index (χ2n) is 10.0. The van der Waals surface area contributed by atoms with E-state index in [1.807, 2.05) is 6.20 Å². The summed E-state index contributed by atoms with van der Waals surface area (Å²) < 4.78 is 0. The average Bonchev–Trinajstić information content (AvgIpc) is 3.25. The molecule has 160 valence electrons. The average molecular weight is 420 g/mol. The number of benzene rings is 1. The minimum atomic E-state index is -0.259. The molecule has 0 amide bonds. The van der Waals surface area contributed by atoms with Gasteiger partial charge >= 0.3 is 0 Å². The molecule has 2 heterocycles. The van der Waals surface area contributed by atoms with E-state index >= 15 is 0 Å². The molecule has 4 rings (SSSR count). The van der Waals surface area contributed by atoms with Crippen LogP contribution < -0.4 is 27.6 Å². The van der Waals surface area contributed by atoms with Gasteiger partial charge in [-0.2, -0.15) is 0 Å². The van der Waals surface area contributed by atoms with Crippen LogP contribution in [0, 0.1) is 0 Å². The number of aromatic amines is 1. The predicted octanol–water partition coefficient (Wildman–Crippen LogP) is -5.51. The molecule has 1 aliphatic carbocycles. The molecule has 5 nitrogen and oxygen atoms in total. The lowest BCUT2D eigenvalue weighted by Gasteiger charge is -2.45. The van der Waals surface area contributed by atoms with E-state index in [2.05, 4.69) is 69.1 Å². The van der Waals surface area contributed by atoms with E-state index in [1.165, 1.54) is 45.0 Å². The summed E-state index contributed by atoms with van der Waals surface area (Å²) >= 11 is 0. The summed E-state index contributed by atoms with van der Waals surface area (Å²) in [7, 11) is 13.5. The minimum absolute atomic E-state index is 0.259. The Morgan fingerprint density at radius 2 is 1.84 bits per heavy atom. The molecule has 32 heavy (non-hydrogen) atoms. The van der Waals surface area contributed by atoms with Gasteiger partial charge in [0.05, 0.1) is 22.8 Å². The topological polar surface area (TPSA) is 70.8 Å². The smallest absolute Gasteiger partial charge is 0.141 e. The van der Waals surface area contributed by atoms with Gasteiger partial charge in [-0.25, -0.2) is 4.98 Å². The number of hydrogen-bond donors (Lipinski definition) is 2. The Morgan fingerprint density at radius 1 is 1.09 bits per heavy atom. The lowest BCUT2D eigenvalue weighted by Crippen LogP contribution is -2.51. The van der Waals surface area contributed by atoms with Crippen molar-refractivity contribution in [3.05, 3.63) is 35.4 Å². The van der Waals surface area contributed by atoms with Gasteiger partial charge in [-0.1, -0.05) is 27.9 Å². The number of nitrogens with zero attached hydrogens (tertiary/aromatic N) is 3. The summed E-state index contributed by atoms with van der Waals surface area (Å²) in [5.74, 6) is 1.04. The summed E-state index contributed by atoms with van der Waals surface area (Å²) in [6.07, 6.45) is 7.51. The lowest BCUT2D eigenvalue weighted by molar-refractivity contribution is 0.127. The number of pyridine rings is 1. The maximum atomic E-state index is 5.85. The van der Waals surface area contributed by atoms with E-state index in [1.54, 1.807) is 0 Å². The van der Waals surface area contributed by atoms with Crippen LogP contribution in [0.3, 0.4) is 0 Å². The van der Waals surface area contributed by atoms with Crippen LogP contribution in [0.15, 0.2) is 18.3 Å². The van der Waals surface area contributed by atoms with Gasteiger partial charge in [0.15, 0.2) is 0 Å². The molecule has 2 aromatic heterocycles. The molecule has 1 atom stereocenters. The summed E-state index contributed by atoms with van der Waals surface area (Å²) in [5.41, 5.74) is 16.1. The van der Waals surface area contributed by atoms with Crippen LogP contribution in [0.25, 0.3) is 11.0 Å². The Hall–Kier alpha value is -1.85. The molecular weight excluding hydrogens is 387 g/mol. The van der Waals surface area contributed by atoms with Crippen LogP contribution in [0.4, 0.5) is 0 Å². The number of hydrogen-bond acceptors (Lipinski definition) is 4. The highest BCUT2D eigenvalue weighted by molar-refractivity contribution is 6.66. The number of fused-ring (bicyclic) bond motifs is 2. The number of nitrogens with two attached hydrogens (primary N) is 1. The first-order valence-corrected chi connectivity index (χ1v) is 12.1. The van der Waals surface area contributed by atoms with Crippen LogP contribution in [0.5, 0.6) is 0 Å². The second kappa shape index (κ2) is 9.18. The largest absolute Gasteiger partial charge is 0.342 e. The van der Waals surface area contributed by atoms with Crippen molar-refractivity contribution < 1.29 is 0 Å². The van der Waals surface area contributed by atoms with E-state index in [4.69, 9.17) is 15.7 Å². The second-order valence-corrected chi connectivity index (χ2v) is 10.0. The summed E-state index contributed by atoms with van der Waals surface area (Å²) in [6.45, 7) is 1.72. The van der Waals surface area contributed by atoms with Crippen molar-refractivity contribution in [3.8, 4) is 0 Å². The number of unbranched alkanes of at least 4 members (excludes halogenated alkanes) is 1. The molecule has 0 aliphatic heterocycles. The van der Waals surface area contributed by atoms with Gasteiger partial charge in [-0.05, 0) is 56.8 Å². The molecular formula is C21H33B6N5. The third-order valence-corrected chi connectivity index (χ3v) is 7.81. The Labute approximate surface area is 197 Å². The fourth-order valence-corrected chi connectivity index (χ4v) is 5.41. The van der Waals surface area contributed by atoms with E-state index in [-0.39, 0.29) is 5.34 Å². The quantitative estimate of drug-likeness (QED) is 0.296. The number of nitrogens with one attached hydrogen (secondary N) is 1. The predicted molar refractivity (Wildman–Crippen MR) is 152 cm³/mol. The maximum Gasteiger partial charge on any atom is 0.141 e. The van der Waals surface area contributed by atoms with Crippen molar-refractivity contribution in [1.29, 1.82) is 0 Å². The first-order valence-electron chi connectivity index (χ1n) is 12.1. The highest BCUT2D eigenvalue weighted by Gasteiger charge is 2.39. The molecule has 11 heteroatoms. The molecule has 0 spiro atoms. The van der Waals surface area contributed by atoms with Crippen molar-refractivity contribution in [1.82, 2.24) is 19.9 Å². The standard InChI is InChI=1S/C21H33B6N5/c22-13-14(23)16(25)19-18(15(13)24)30-20(31-19)21(26,27)32(10-2-1-8-28)12-7-3-5-11-6-4-9-29-17(11)12/h4,6,9,12H,1-3,5,7-8,10,22-28H2,(H,30,31)/t12-/m0/s1. The summed E-state index contributed by atoms with van der Waals surface area (Å²) in [4.78, 5) is 16.4. The molecule has 0 fully saturated rings. The van der Waals surface area contributed by atoms with Crippen molar-refractivity contribution in [2.24, 2.45) is 5.73 Å². The number of aryl methyl sites for hydroxylation is 1. The number of H-pyrrole nitrogens is 1. The van der Waals surface area contributed by atoms with Crippen LogP contribution in [0.1, 0.15) is 48.8 Å². The van der Waals surface area contributed by atoms with Gasteiger partial charge in [-0.15, -0.1) is 0 Å². The number of imidazole rings is 1. The molecule has 3 aromatic rings. The third-order valence-electron chi connectivity index (χ3n) is 7.81. The monoisotopic (exact) mass is 421 g/mol. The van der Waals surface area contributed by atoms with Crippen LogP contribution >= 0.6 is 0 Å². The third kappa shape index (κ3) is 3.99. The molecule has 1 aliphatic rings. The van der Waals surface area contributed by atoms with Gasteiger partial charge in [0.2, 0.25) is 0 Å². The fourth-order valence-electron chi connectivity index (χ4n) is 5.41. The zero-order valence-corrected chi connectivity index (χ0v) is 20.7. The normalized spacial score (nSPS) is 16.5. The van der Waals surface area contributed by atoms with E-state index in [0.29, 0.717) is 6.04 Å². The van der Waals surface area contributed by atoms with Gasteiger partial charge in [0.1, 0.15) is 52.9 Å². The summed E-state index contributed by atoms with van der Waals surface area (Å²) in [5, 5.41) is -0.259. The Morgan fingerprint density at radius 3 is 2.59 bits per heavy atom. The molecule has 3 N–H and O–H groups in total. The van der Waals surface area contributed by atoms with Crippen molar-refractivity contribution >= 4 is 80.0 Å². The maximum absolute atomic E-state index is 5.85. The van der Waals surface area contributed by atoms with E-state index in [9.17, 15) is 0 Å². The molecule has 0 unspecified atom stereocenters. The highest BCUT2D eigenvalue weighted by atomic mass is 15.2. The molecule has 0 radical (unpaired) electrons. The zero-order chi connectivity index (χ0) is 23.0. The number of rotatable bonds is 7. The molecule has 1 aromatic carbocycles. The highest BCUT2D eigenvalue weighted by Crippen LogP contribution is 2.38. The van der Waals surface area contributed by atoms with Crippen molar-refractivity contribution in [2.75, 3.05) is 13.1 Å². The molecule has 0 saturated heterocycles. The van der Waals surface area contributed by atoms with Crippen molar-refractivity contribution in [3.63, 3.8) is 0 Å². The SMILES string of the molecule is Bc1c(B)c(B)c2[nH]c(C(B)(B)N(CCCCN)[C@H]3CCCc4cccnc43)nc2c1B. The van der Waals surface area contributed by atoms with Crippen LogP contribution in [-0.4, -0.2) is 80.0 Å². The Kier molecular flexibility index (Phi) is 6.69. The van der Waals surface area contributed by atoms with E-state index in [0.717, 1.165) is 50.1 Å².